The molecule has 0 aromatic heterocycles. The fourth-order valence-electron chi connectivity index (χ4n) is 0.598. The van der Waals surface area contributed by atoms with Crippen molar-refractivity contribution in [2.24, 2.45) is 0 Å². The monoisotopic (exact) mass is 145 g/mol. The molecule has 10 heavy (non-hydrogen) atoms. The minimum Gasteiger partial charge on any atom is -0.508 e. The Bertz CT molecular complexity index is 223. The van der Waals surface area contributed by atoms with E-state index < -0.39 is 0 Å². The number of benzene rings is 1. The molecule has 2 nitrogen and oxygen atoms in total. The van der Waals surface area contributed by atoms with Gasteiger partial charge in [-0.05, 0) is 12.1 Å². The maximum Gasteiger partial charge on any atom is 1.00 e. The van der Waals surface area contributed by atoms with Gasteiger partial charge in [0.25, 0.3) is 0 Å². The summed E-state index contributed by atoms with van der Waals surface area (Å²) in [5, 5.41) is 8.79. The van der Waals surface area contributed by atoms with Crippen molar-refractivity contribution in [3.63, 3.8) is 0 Å². The average molecular weight is 145 g/mol. The second-order valence-corrected chi connectivity index (χ2v) is 1.71. The van der Waals surface area contributed by atoms with Gasteiger partial charge in [0, 0.05) is 5.56 Å². The number of phenolic OH excluding ortho intramolecular Hbond substituents is 1. The Morgan fingerprint density at radius 2 is 2.10 bits per heavy atom. The smallest absolute Gasteiger partial charge is 0.508 e. The van der Waals surface area contributed by atoms with Crippen molar-refractivity contribution in [1.29, 1.82) is 0 Å². The van der Waals surface area contributed by atoms with E-state index in [-0.39, 0.29) is 35.3 Å². The summed E-state index contributed by atoms with van der Waals surface area (Å²) in [6.45, 7) is 0. The fraction of sp³-hybridized carbons (Fsp3) is 0. The molecule has 0 bridgehead atoms. The largest absolute Gasteiger partial charge is 1.00 e. The fourth-order valence-corrected chi connectivity index (χ4v) is 0.598. The van der Waals surface area contributed by atoms with Gasteiger partial charge in [-0.2, -0.15) is 0 Å². The molecule has 0 aliphatic rings. The van der Waals surface area contributed by atoms with E-state index in [1.807, 2.05) is 0 Å². The van der Waals surface area contributed by atoms with Crippen LogP contribution in [0.15, 0.2) is 24.3 Å². The van der Waals surface area contributed by atoms with Crippen molar-refractivity contribution < 1.29 is 39.5 Å². The van der Waals surface area contributed by atoms with Gasteiger partial charge in [0.05, 0.1) is 0 Å². The second kappa shape index (κ2) is 4.50. The van der Waals surface area contributed by atoms with E-state index in [0.717, 1.165) is 0 Å². The number of aromatic hydroxyl groups is 1. The van der Waals surface area contributed by atoms with Gasteiger partial charge in [0.15, 0.2) is 0 Å². The molecule has 0 saturated carbocycles. The van der Waals surface area contributed by atoms with Gasteiger partial charge in [-0.3, -0.25) is 4.79 Å². The van der Waals surface area contributed by atoms with Gasteiger partial charge < -0.3 is 5.11 Å². The molecule has 0 fully saturated rings. The Labute approximate surface area is 81.2 Å². The first kappa shape index (κ1) is 9.69. The van der Waals surface area contributed by atoms with Crippen LogP contribution in [0.25, 0.3) is 0 Å². The molecule has 0 radical (unpaired) electrons. The van der Waals surface area contributed by atoms with Crippen LogP contribution in [0, 0.1) is 0 Å². The third kappa shape index (κ3) is 2.52. The predicted molar refractivity (Wildman–Crippen MR) is 33.5 cm³/mol. The number of hydrogen-bond donors (Lipinski definition) is 1. The van der Waals surface area contributed by atoms with Gasteiger partial charge in [0.2, 0.25) is 0 Å². The molecular weight excluding hydrogens is 139 g/mol. The Balaban J connectivity index is 0.000000810. The first-order valence-electron chi connectivity index (χ1n) is 2.57. The van der Waals surface area contributed by atoms with Crippen molar-refractivity contribution in [3.05, 3.63) is 29.8 Å². The molecule has 0 amide bonds. The van der Waals surface area contributed by atoms with Crippen LogP contribution in [0.5, 0.6) is 5.75 Å². The van der Waals surface area contributed by atoms with E-state index in [9.17, 15) is 4.79 Å². The van der Waals surface area contributed by atoms with Crippen LogP contribution >= 0.6 is 0 Å². The second-order valence-electron chi connectivity index (χ2n) is 1.71. The first-order valence-corrected chi connectivity index (χ1v) is 2.57. The summed E-state index contributed by atoms with van der Waals surface area (Å²) in [5.74, 6) is 0.125. The third-order valence-corrected chi connectivity index (χ3v) is 1.01. The topological polar surface area (TPSA) is 37.3 Å². The molecule has 0 saturated heterocycles. The number of rotatable bonds is 1. The van der Waals surface area contributed by atoms with Gasteiger partial charge in [-0.1, -0.05) is 12.1 Å². The van der Waals surface area contributed by atoms with E-state index in [4.69, 9.17) is 5.11 Å². The quantitative estimate of drug-likeness (QED) is 0.374. The SMILES string of the molecule is O=Cc1cccc(O)c1.[Na+]. The molecule has 1 aromatic carbocycles. The van der Waals surface area contributed by atoms with Crippen LogP contribution in [0.1, 0.15) is 10.4 Å². The summed E-state index contributed by atoms with van der Waals surface area (Å²) in [5.41, 5.74) is 0.495. The van der Waals surface area contributed by atoms with Gasteiger partial charge in [-0.25, -0.2) is 0 Å². The number of hydrogen-bond acceptors (Lipinski definition) is 2. The van der Waals surface area contributed by atoms with Crippen LogP contribution in [0.2, 0.25) is 0 Å². The molecule has 0 spiro atoms. The Kier molecular flexibility index (Phi) is 4.36. The molecule has 0 atom stereocenters. The molecule has 3 heteroatoms. The average Bonchev–Trinajstić information content (AvgIpc) is 1.88. The van der Waals surface area contributed by atoms with E-state index in [1.54, 1.807) is 12.1 Å². The Morgan fingerprint density at radius 3 is 2.50 bits per heavy atom. The Hall–Kier alpha value is -0.310. The maximum atomic E-state index is 10.0. The third-order valence-electron chi connectivity index (χ3n) is 1.01. The van der Waals surface area contributed by atoms with E-state index in [2.05, 4.69) is 0 Å². The van der Waals surface area contributed by atoms with Crippen molar-refractivity contribution in [2.75, 3.05) is 0 Å². The summed E-state index contributed by atoms with van der Waals surface area (Å²) >= 11 is 0. The molecule has 0 heterocycles. The predicted octanol–water partition coefficient (Wildman–Crippen LogP) is -1.79. The molecule has 0 unspecified atom stereocenters. The molecule has 1 aromatic rings. The number of carbonyl (C=O) groups is 1. The van der Waals surface area contributed by atoms with Crippen LogP contribution in [-0.2, 0) is 0 Å². The minimum atomic E-state index is 0. The molecule has 46 valence electrons. The van der Waals surface area contributed by atoms with E-state index >= 15 is 0 Å². The summed E-state index contributed by atoms with van der Waals surface area (Å²) < 4.78 is 0. The Morgan fingerprint density at radius 1 is 1.40 bits per heavy atom. The van der Waals surface area contributed by atoms with E-state index in [0.29, 0.717) is 11.8 Å². The first-order chi connectivity index (χ1) is 4.33. The number of phenols is 1. The summed E-state index contributed by atoms with van der Waals surface area (Å²) in [7, 11) is 0. The van der Waals surface area contributed by atoms with Crippen LogP contribution in [0.3, 0.4) is 0 Å². The maximum absolute atomic E-state index is 10.0. The zero-order chi connectivity index (χ0) is 6.69. The number of aldehydes is 1. The van der Waals surface area contributed by atoms with Crippen molar-refractivity contribution in [1.82, 2.24) is 0 Å². The molecule has 1 rings (SSSR count). The standard InChI is InChI=1S/C7H6O2.Na/c8-5-6-2-1-3-7(9)4-6;/h1-5,9H;/q;+1. The molecule has 0 aliphatic carbocycles. The van der Waals surface area contributed by atoms with E-state index in [1.165, 1.54) is 12.1 Å². The van der Waals surface area contributed by atoms with Crippen molar-refractivity contribution in [3.8, 4) is 5.75 Å². The molecule has 0 aliphatic heterocycles. The normalized spacial score (nSPS) is 8.00. The van der Waals surface area contributed by atoms with Crippen molar-refractivity contribution in [2.45, 2.75) is 0 Å². The summed E-state index contributed by atoms with van der Waals surface area (Å²) in [4.78, 5) is 10.0. The number of carbonyl (C=O) groups excluding carboxylic acids is 1. The van der Waals surface area contributed by atoms with Crippen molar-refractivity contribution >= 4 is 6.29 Å². The van der Waals surface area contributed by atoms with Gasteiger partial charge >= 0.3 is 29.6 Å². The molecule has 1 N–H and O–H groups in total. The van der Waals surface area contributed by atoms with Gasteiger partial charge in [-0.15, -0.1) is 0 Å². The summed E-state index contributed by atoms with van der Waals surface area (Å²) in [6, 6.07) is 6.19. The zero-order valence-electron chi connectivity index (χ0n) is 5.74. The molecular formula is C7H6NaO2+. The van der Waals surface area contributed by atoms with Crippen LogP contribution < -0.4 is 29.6 Å². The van der Waals surface area contributed by atoms with Crippen LogP contribution in [0.4, 0.5) is 0 Å². The zero-order valence-corrected chi connectivity index (χ0v) is 7.74. The van der Waals surface area contributed by atoms with Gasteiger partial charge in [0.1, 0.15) is 12.0 Å². The van der Waals surface area contributed by atoms with Crippen LogP contribution in [-0.4, -0.2) is 11.4 Å². The minimum absolute atomic E-state index is 0. The summed E-state index contributed by atoms with van der Waals surface area (Å²) in [6.07, 6.45) is 0.694.